The molecule has 0 atom stereocenters. The normalized spacial score (nSPS) is 15.2. The van der Waals surface area contributed by atoms with E-state index in [9.17, 15) is 9.59 Å². The van der Waals surface area contributed by atoms with Gasteiger partial charge in [-0.3, -0.25) is 9.59 Å². The second-order valence-electron chi connectivity index (χ2n) is 5.48. The zero-order valence-corrected chi connectivity index (χ0v) is 12.6. The number of hydrogen-bond acceptors (Lipinski definition) is 3. The van der Waals surface area contributed by atoms with Gasteiger partial charge in [0.15, 0.2) is 0 Å². The number of amides is 2. The number of likely N-dealkylation sites (tertiary alicyclic amines) is 1. The van der Waals surface area contributed by atoms with E-state index in [4.69, 9.17) is 4.74 Å². The van der Waals surface area contributed by atoms with E-state index in [1.165, 1.54) is 0 Å². The molecular formula is C16H22N2O3. The van der Waals surface area contributed by atoms with Gasteiger partial charge in [0.2, 0.25) is 11.8 Å². The number of para-hydroxylation sites is 2. The molecule has 5 heteroatoms. The van der Waals surface area contributed by atoms with Crippen molar-refractivity contribution < 1.29 is 14.3 Å². The molecule has 2 amide bonds. The molecule has 0 spiro atoms. The van der Waals surface area contributed by atoms with E-state index in [0.29, 0.717) is 24.4 Å². The highest BCUT2D eigenvalue weighted by molar-refractivity contribution is 5.95. The van der Waals surface area contributed by atoms with E-state index >= 15 is 0 Å². The van der Waals surface area contributed by atoms with Crippen LogP contribution in [-0.4, -0.2) is 35.9 Å². The van der Waals surface area contributed by atoms with Crippen molar-refractivity contribution >= 4 is 17.5 Å². The van der Waals surface area contributed by atoms with Crippen LogP contribution < -0.4 is 10.1 Å². The van der Waals surface area contributed by atoms with Gasteiger partial charge in [-0.05, 0) is 38.8 Å². The van der Waals surface area contributed by atoms with Gasteiger partial charge in [-0.2, -0.15) is 0 Å². The summed E-state index contributed by atoms with van der Waals surface area (Å²) in [6.45, 7) is 4.64. The highest BCUT2D eigenvalue weighted by Crippen LogP contribution is 2.24. The maximum Gasteiger partial charge on any atom is 0.244 e. The number of ether oxygens (including phenoxy) is 1. The standard InChI is InChI=1S/C16H22N2O3/c1-12(2)21-14-8-4-3-7-13(14)17-15(19)11-18-10-6-5-9-16(18)20/h3-4,7-8,12H,5-6,9-11H2,1-2H3,(H,17,19). The lowest BCUT2D eigenvalue weighted by atomic mass is 10.1. The van der Waals surface area contributed by atoms with E-state index < -0.39 is 0 Å². The zero-order valence-electron chi connectivity index (χ0n) is 12.6. The van der Waals surface area contributed by atoms with Crippen molar-refractivity contribution in [3.8, 4) is 5.75 Å². The molecule has 1 aliphatic heterocycles. The van der Waals surface area contributed by atoms with E-state index in [1.807, 2.05) is 32.0 Å². The molecule has 1 aromatic rings. The van der Waals surface area contributed by atoms with Crippen molar-refractivity contribution in [3.05, 3.63) is 24.3 Å². The van der Waals surface area contributed by atoms with Crippen LogP contribution in [0.15, 0.2) is 24.3 Å². The van der Waals surface area contributed by atoms with Crippen LogP contribution in [0.5, 0.6) is 5.75 Å². The summed E-state index contributed by atoms with van der Waals surface area (Å²) in [5.41, 5.74) is 0.639. The molecule has 0 aliphatic carbocycles. The smallest absolute Gasteiger partial charge is 0.244 e. The van der Waals surface area contributed by atoms with Gasteiger partial charge in [0.1, 0.15) is 5.75 Å². The molecule has 0 bridgehead atoms. The van der Waals surface area contributed by atoms with Crippen molar-refractivity contribution in [2.24, 2.45) is 0 Å². The third kappa shape index (κ3) is 4.48. The van der Waals surface area contributed by atoms with Crippen molar-refractivity contribution in [3.63, 3.8) is 0 Å². The van der Waals surface area contributed by atoms with Crippen molar-refractivity contribution in [1.82, 2.24) is 4.90 Å². The Kier molecular flexibility index (Phi) is 5.20. The second kappa shape index (κ2) is 7.11. The molecular weight excluding hydrogens is 268 g/mol. The molecule has 21 heavy (non-hydrogen) atoms. The fourth-order valence-electron chi connectivity index (χ4n) is 2.32. The van der Waals surface area contributed by atoms with Gasteiger partial charge in [-0.15, -0.1) is 0 Å². The average Bonchev–Trinajstić information content (AvgIpc) is 2.43. The minimum absolute atomic E-state index is 0.0340. The first kappa shape index (κ1) is 15.4. The first-order valence-electron chi connectivity index (χ1n) is 7.39. The van der Waals surface area contributed by atoms with Crippen LogP contribution >= 0.6 is 0 Å². The van der Waals surface area contributed by atoms with Crippen LogP contribution in [0.1, 0.15) is 33.1 Å². The Morgan fingerprint density at radius 2 is 2.10 bits per heavy atom. The number of rotatable bonds is 5. The Balaban J connectivity index is 1.97. The molecule has 1 heterocycles. The van der Waals surface area contributed by atoms with Gasteiger partial charge >= 0.3 is 0 Å². The van der Waals surface area contributed by atoms with Crippen LogP contribution in [0, 0.1) is 0 Å². The molecule has 5 nitrogen and oxygen atoms in total. The highest BCUT2D eigenvalue weighted by atomic mass is 16.5. The van der Waals surface area contributed by atoms with Gasteiger partial charge in [-0.1, -0.05) is 12.1 Å². The molecule has 1 fully saturated rings. The first-order valence-corrected chi connectivity index (χ1v) is 7.39. The predicted octanol–water partition coefficient (Wildman–Crippen LogP) is 2.42. The summed E-state index contributed by atoms with van der Waals surface area (Å²) in [7, 11) is 0. The van der Waals surface area contributed by atoms with E-state index in [0.717, 1.165) is 12.8 Å². The topological polar surface area (TPSA) is 58.6 Å². The molecule has 0 radical (unpaired) electrons. The molecule has 1 aromatic carbocycles. The van der Waals surface area contributed by atoms with Crippen LogP contribution in [0.4, 0.5) is 5.69 Å². The largest absolute Gasteiger partial charge is 0.489 e. The van der Waals surface area contributed by atoms with Crippen molar-refractivity contribution in [2.45, 2.75) is 39.2 Å². The van der Waals surface area contributed by atoms with Gasteiger partial charge in [0.25, 0.3) is 0 Å². The number of nitrogens with one attached hydrogen (secondary N) is 1. The van der Waals surface area contributed by atoms with Gasteiger partial charge < -0.3 is 15.0 Å². The van der Waals surface area contributed by atoms with Crippen LogP contribution in [0.2, 0.25) is 0 Å². The zero-order chi connectivity index (χ0) is 15.2. The SMILES string of the molecule is CC(C)Oc1ccccc1NC(=O)CN1CCCCC1=O. The fraction of sp³-hybridized carbons (Fsp3) is 0.500. The van der Waals surface area contributed by atoms with Gasteiger partial charge in [0, 0.05) is 13.0 Å². The molecule has 0 aromatic heterocycles. The fourth-order valence-corrected chi connectivity index (χ4v) is 2.32. The summed E-state index contributed by atoms with van der Waals surface area (Å²) < 4.78 is 5.66. The summed E-state index contributed by atoms with van der Waals surface area (Å²) in [6, 6.07) is 7.33. The number of carbonyl (C=O) groups is 2. The number of anilines is 1. The number of carbonyl (C=O) groups excluding carboxylic acids is 2. The molecule has 1 N–H and O–H groups in total. The molecule has 1 saturated heterocycles. The summed E-state index contributed by atoms with van der Waals surface area (Å²) in [4.78, 5) is 25.4. The Labute approximate surface area is 125 Å². The van der Waals surface area contributed by atoms with Crippen molar-refractivity contribution in [2.75, 3.05) is 18.4 Å². The van der Waals surface area contributed by atoms with Gasteiger partial charge in [0.05, 0.1) is 18.3 Å². The summed E-state index contributed by atoms with van der Waals surface area (Å²) in [5, 5.41) is 2.83. The Hall–Kier alpha value is -2.04. The Bertz CT molecular complexity index is 514. The van der Waals surface area contributed by atoms with Crippen LogP contribution in [-0.2, 0) is 9.59 Å². The predicted molar refractivity (Wildman–Crippen MR) is 81.3 cm³/mol. The number of nitrogens with zero attached hydrogens (tertiary/aromatic N) is 1. The van der Waals surface area contributed by atoms with E-state index in [-0.39, 0.29) is 24.5 Å². The molecule has 0 saturated carbocycles. The van der Waals surface area contributed by atoms with E-state index in [1.54, 1.807) is 11.0 Å². The number of benzene rings is 1. The minimum Gasteiger partial charge on any atom is -0.489 e. The first-order chi connectivity index (χ1) is 10.1. The maximum absolute atomic E-state index is 12.1. The lowest BCUT2D eigenvalue weighted by molar-refractivity contribution is -0.136. The Morgan fingerprint density at radius 1 is 1.33 bits per heavy atom. The third-order valence-corrected chi connectivity index (χ3v) is 3.28. The lowest BCUT2D eigenvalue weighted by Crippen LogP contribution is -2.40. The van der Waals surface area contributed by atoms with E-state index in [2.05, 4.69) is 5.32 Å². The third-order valence-electron chi connectivity index (χ3n) is 3.28. The Morgan fingerprint density at radius 3 is 2.81 bits per heavy atom. The summed E-state index contributed by atoms with van der Waals surface area (Å²) in [5.74, 6) is 0.513. The summed E-state index contributed by atoms with van der Waals surface area (Å²) >= 11 is 0. The minimum atomic E-state index is -0.190. The lowest BCUT2D eigenvalue weighted by Gasteiger charge is -2.26. The highest BCUT2D eigenvalue weighted by Gasteiger charge is 2.20. The quantitative estimate of drug-likeness (QED) is 0.906. The number of piperidine rings is 1. The van der Waals surface area contributed by atoms with Crippen molar-refractivity contribution in [1.29, 1.82) is 0 Å². The average molecular weight is 290 g/mol. The second-order valence-corrected chi connectivity index (χ2v) is 5.48. The molecule has 0 unspecified atom stereocenters. The summed E-state index contributed by atoms with van der Waals surface area (Å²) in [6.07, 6.45) is 2.46. The molecule has 1 aliphatic rings. The monoisotopic (exact) mass is 290 g/mol. The molecule has 114 valence electrons. The van der Waals surface area contributed by atoms with Gasteiger partial charge in [-0.25, -0.2) is 0 Å². The van der Waals surface area contributed by atoms with Crippen LogP contribution in [0.25, 0.3) is 0 Å². The van der Waals surface area contributed by atoms with Crippen LogP contribution in [0.3, 0.4) is 0 Å². The molecule has 2 rings (SSSR count). The maximum atomic E-state index is 12.1. The number of hydrogen-bond donors (Lipinski definition) is 1.